The highest BCUT2D eigenvalue weighted by Crippen LogP contribution is 2.32. The molecule has 1 aromatic heterocycles. The van der Waals surface area contributed by atoms with Crippen LogP contribution >= 0.6 is 11.6 Å². The molecule has 3 aromatic rings. The second-order valence-electron chi connectivity index (χ2n) is 5.81. The molecule has 0 saturated carbocycles. The Hall–Kier alpha value is -2.38. The van der Waals surface area contributed by atoms with Crippen LogP contribution in [0.3, 0.4) is 0 Å². The summed E-state index contributed by atoms with van der Waals surface area (Å²) in [6.07, 6.45) is -4.39. The first-order valence-electron chi connectivity index (χ1n) is 7.75. The van der Waals surface area contributed by atoms with E-state index in [-0.39, 0.29) is 24.5 Å². The summed E-state index contributed by atoms with van der Waals surface area (Å²) >= 11 is 6.10. The summed E-state index contributed by atoms with van der Waals surface area (Å²) in [4.78, 5) is 1.68. The quantitative estimate of drug-likeness (QED) is 0.621. The number of hydrogen-bond acceptors (Lipinski definition) is 4. The fourth-order valence-electron chi connectivity index (χ4n) is 2.57. The van der Waals surface area contributed by atoms with E-state index in [0.717, 1.165) is 6.07 Å². The molecule has 4 nitrogen and oxygen atoms in total. The van der Waals surface area contributed by atoms with Gasteiger partial charge in [0, 0.05) is 6.54 Å². The van der Waals surface area contributed by atoms with Crippen molar-refractivity contribution in [2.24, 2.45) is 0 Å². The van der Waals surface area contributed by atoms with E-state index in [1.165, 1.54) is 12.1 Å². The van der Waals surface area contributed by atoms with E-state index < -0.39 is 11.7 Å². The van der Waals surface area contributed by atoms with Crippen molar-refractivity contribution >= 4 is 11.6 Å². The van der Waals surface area contributed by atoms with Crippen LogP contribution in [-0.4, -0.2) is 22.1 Å². The zero-order chi connectivity index (χ0) is 18.7. The predicted molar refractivity (Wildman–Crippen MR) is 91.4 cm³/mol. The average Bonchev–Trinajstić information content (AvgIpc) is 3.03. The number of rotatable bonds is 5. The lowest BCUT2D eigenvalue weighted by Crippen LogP contribution is -2.20. The van der Waals surface area contributed by atoms with Gasteiger partial charge in [0.05, 0.1) is 22.7 Å². The standard InChI is InChI=1S/C18H15ClF3N3O/c1-25(10-12-6-2-4-8-14(12)18(20,21)22)11-16-23-24-17(26-16)13-7-3-5-9-15(13)19/h2-9H,10-11H2,1H3. The number of halogens is 4. The molecular weight excluding hydrogens is 367 g/mol. The van der Waals surface area contributed by atoms with Gasteiger partial charge in [-0.15, -0.1) is 10.2 Å². The molecule has 0 amide bonds. The highest BCUT2D eigenvalue weighted by Gasteiger charge is 2.33. The molecule has 2 aromatic carbocycles. The monoisotopic (exact) mass is 381 g/mol. The Kier molecular flexibility index (Phi) is 5.29. The summed E-state index contributed by atoms with van der Waals surface area (Å²) in [5.41, 5.74) is 0.153. The normalized spacial score (nSPS) is 11.9. The maximum absolute atomic E-state index is 13.1. The fraction of sp³-hybridized carbons (Fsp3) is 0.222. The molecule has 26 heavy (non-hydrogen) atoms. The molecule has 0 aliphatic rings. The summed E-state index contributed by atoms with van der Waals surface area (Å²) in [6.45, 7) is 0.309. The second-order valence-corrected chi connectivity index (χ2v) is 6.22. The third-order valence-corrected chi connectivity index (χ3v) is 4.07. The van der Waals surface area contributed by atoms with Gasteiger partial charge < -0.3 is 4.42 Å². The number of benzene rings is 2. The maximum atomic E-state index is 13.1. The van der Waals surface area contributed by atoms with Crippen LogP contribution in [0.1, 0.15) is 17.0 Å². The van der Waals surface area contributed by atoms with Crippen LogP contribution in [0.25, 0.3) is 11.5 Å². The molecule has 0 aliphatic carbocycles. The molecule has 1 heterocycles. The van der Waals surface area contributed by atoms with Gasteiger partial charge >= 0.3 is 6.18 Å². The minimum Gasteiger partial charge on any atom is -0.419 e. The van der Waals surface area contributed by atoms with Gasteiger partial charge in [-0.25, -0.2) is 0 Å². The topological polar surface area (TPSA) is 42.2 Å². The lowest BCUT2D eigenvalue weighted by molar-refractivity contribution is -0.138. The van der Waals surface area contributed by atoms with Crippen LogP contribution in [0.2, 0.25) is 5.02 Å². The number of aromatic nitrogens is 2. The molecule has 0 bridgehead atoms. The largest absolute Gasteiger partial charge is 0.419 e. The van der Waals surface area contributed by atoms with Crippen LogP contribution in [0, 0.1) is 0 Å². The molecule has 136 valence electrons. The molecule has 8 heteroatoms. The SMILES string of the molecule is CN(Cc1nnc(-c2ccccc2Cl)o1)Cc1ccccc1C(F)(F)F. The van der Waals surface area contributed by atoms with Crippen molar-refractivity contribution in [1.82, 2.24) is 15.1 Å². The first-order valence-corrected chi connectivity index (χ1v) is 8.13. The number of alkyl halides is 3. The molecule has 0 spiro atoms. The zero-order valence-corrected chi connectivity index (χ0v) is 14.6. The summed E-state index contributed by atoms with van der Waals surface area (Å²) in [7, 11) is 1.69. The molecule has 0 unspecified atom stereocenters. The van der Waals surface area contributed by atoms with E-state index in [9.17, 15) is 13.2 Å². The van der Waals surface area contributed by atoms with E-state index in [0.29, 0.717) is 16.5 Å². The Labute approximate surface area is 153 Å². The Morgan fingerprint density at radius 3 is 2.42 bits per heavy atom. The number of hydrogen-bond donors (Lipinski definition) is 0. The minimum atomic E-state index is -4.39. The smallest absolute Gasteiger partial charge is 0.416 e. The Bertz CT molecular complexity index is 895. The molecule has 0 fully saturated rings. The highest BCUT2D eigenvalue weighted by molar-refractivity contribution is 6.33. The molecule has 3 rings (SSSR count). The Morgan fingerprint density at radius 1 is 1.00 bits per heavy atom. The summed E-state index contributed by atoms with van der Waals surface area (Å²) in [5.74, 6) is 0.571. The van der Waals surface area contributed by atoms with Crippen molar-refractivity contribution < 1.29 is 17.6 Å². The lowest BCUT2D eigenvalue weighted by atomic mass is 10.1. The van der Waals surface area contributed by atoms with E-state index in [1.807, 2.05) is 0 Å². The van der Waals surface area contributed by atoms with Crippen molar-refractivity contribution in [1.29, 1.82) is 0 Å². The zero-order valence-electron chi connectivity index (χ0n) is 13.8. The van der Waals surface area contributed by atoms with E-state index >= 15 is 0 Å². The first-order chi connectivity index (χ1) is 12.3. The third-order valence-electron chi connectivity index (χ3n) is 3.74. The van der Waals surface area contributed by atoms with E-state index in [4.69, 9.17) is 16.0 Å². The third kappa shape index (κ3) is 4.23. The molecule has 0 radical (unpaired) electrons. The lowest BCUT2D eigenvalue weighted by Gasteiger charge is -2.18. The second kappa shape index (κ2) is 7.47. The van der Waals surface area contributed by atoms with Crippen LogP contribution in [-0.2, 0) is 19.3 Å². The van der Waals surface area contributed by atoms with Gasteiger partial charge in [-0.1, -0.05) is 41.9 Å². The maximum Gasteiger partial charge on any atom is 0.416 e. The first kappa shape index (κ1) is 18.4. The van der Waals surface area contributed by atoms with Crippen LogP contribution in [0.15, 0.2) is 52.9 Å². The van der Waals surface area contributed by atoms with Gasteiger partial charge in [-0.2, -0.15) is 13.2 Å². The Morgan fingerprint density at radius 2 is 1.69 bits per heavy atom. The van der Waals surface area contributed by atoms with Crippen LogP contribution in [0.4, 0.5) is 13.2 Å². The summed E-state index contributed by atoms with van der Waals surface area (Å²) in [5, 5.41) is 8.39. The van der Waals surface area contributed by atoms with Gasteiger partial charge in [-0.05, 0) is 30.8 Å². The fourth-order valence-corrected chi connectivity index (χ4v) is 2.79. The molecule has 0 aliphatic heterocycles. The van der Waals surface area contributed by atoms with Crippen molar-refractivity contribution in [2.75, 3.05) is 7.05 Å². The molecular formula is C18H15ClF3N3O. The van der Waals surface area contributed by atoms with Crippen molar-refractivity contribution in [3.63, 3.8) is 0 Å². The molecule has 0 saturated heterocycles. The van der Waals surface area contributed by atoms with Gasteiger partial charge in [0.1, 0.15) is 0 Å². The molecule has 0 atom stereocenters. The summed E-state index contributed by atoms with van der Waals surface area (Å²) < 4.78 is 44.8. The van der Waals surface area contributed by atoms with Gasteiger partial charge in [-0.3, -0.25) is 4.90 Å². The van der Waals surface area contributed by atoms with Crippen LogP contribution < -0.4 is 0 Å². The highest BCUT2D eigenvalue weighted by atomic mass is 35.5. The van der Waals surface area contributed by atoms with Gasteiger partial charge in [0.2, 0.25) is 11.8 Å². The minimum absolute atomic E-state index is 0.0967. The van der Waals surface area contributed by atoms with E-state index in [1.54, 1.807) is 42.3 Å². The van der Waals surface area contributed by atoms with Gasteiger partial charge in [0.15, 0.2) is 0 Å². The average molecular weight is 382 g/mol. The van der Waals surface area contributed by atoms with Gasteiger partial charge in [0.25, 0.3) is 0 Å². The molecule has 0 N–H and O–H groups in total. The number of nitrogens with zero attached hydrogens (tertiary/aromatic N) is 3. The van der Waals surface area contributed by atoms with Crippen molar-refractivity contribution in [2.45, 2.75) is 19.3 Å². The van der Waals surface area contributed by atoms with E-state index in [2.05, 4.69) is 10.2 Å². The van der Waals surface area contributed by atoms with Crippen LogP contribution in [0.5, 0.6) is 0 Å². The summed E-state index contributed by atoms with van der Waals surface area (Å²) in [6, 6.07) is 12.5. The van der Waals surface area contributed by atoms with Crippen molar-refractivity contribution in [3.8, 4) is 11.5 Å². The predicted octanol–water partition coefficient (Wildman–Crippen LogP) is 5.04. The Balaban J connectivity index is 1.72. The van der Waals surface area contributed by atoms with Crippen molar-refractivity contribution in [3.05, 3.63) is 70.6 Å².